The van der Waals surface area contributed by atoms with Crippen molar-refractivity contribution in [3.05, 3.63) is 0 Å². The molecule has 0 rings (SSSR count). The molecule has 0 saturated heterocycles. The first-order valence-corrected chi connectivity index (χ1v) is 4.68. The van der Waals surface area contributed by atoms with Crippen molar-refractivity contribution >= 4 is 18.0 Å². The molecule has 0 aromatic rings. The molecule has 1 unspecified atom stereocenters. The van der Waals surface area contributed by atoms with Crippen molar-refractivity contribution in [2.45, 2.75) is 18.9 Å². The Morgan fingerprint density at radius 2 is 1.81 bits per heavy atom. The van der Waals surface area contributed by atoms with E-state index >= 15 is 0 Å². The fourth-order valence-electron chi connectivity index (χ4n) is 1.01. The predicted octanol–water partition coefficient (Wildman–Crippen LogP) is -0.590. The molecule has 0 aliphatic heterocycles. The van der Waals surface area contributed by atoms with E-state index in [0.29, 0.717) is 0 Å². The van der Waals surface area contributed by atoms with E-state index < -0.39 is 24.0 Å². The number of carbonyl (C=O) groups is 3. The molecule has 0 saturated carbocycles. The van der Waals surface area contributed by atoms with E-state index in [1.165, 1.54) is 21.3 Å². The van der Waals surface area contributed by atoms with Crippen LogP contribution in [0.3, 0.4) is 0 Å². The number of hydrogen-bond donors (Lipinski definition) is 2. The normalized spacial score (nSPS) is 11.2. The van der Waals surface area contributed by atoms with Crippen LogP contribution in [0.5, 0.6) is 0 Å². The Hall–Kier alpha value is -1.79. The minimum absolute atomic E-state index is 0.0403. The van der Waals surface area contributed by atoms with Crippen LogP contribution >= 0.6 is 0 Å². The van der Waals surface area contributed by atoms with Crippen LogP contribution in [-0.2, 0) is 19.1 Å². The summed E-state index contributed by atoms with van der Waals surface area (Å²) in [5, 5.41) is 4.69. The number of rotatable bonds is 5. The van der Waals surface area contributed by atoms with Gasteiger partial charge in [-0.2, -0.15) is 0 Å². The van der Waals surface area contributed by atoms with Crippen LogP contribution in [0.4, 0.5) is 4.79 Å². The van der Waals surface area contributed by atoms with Crippen LogP contribution in [0.2, 0.25) is 0 Å². The first-order valence-electron chi connectivity index (χ1n) is 4.68. The largest absolute Gasteiger partial charge is 0.469 e. The summed E-state index contributed by atoms with van der Waals surface area (Å²) >= 11 is 0. The molecule has 16 heavy (non-hydrogen) atoms. The minimum atomic E-state index is -0.809. The van der Waals surface area contributed by atoms with Crippen molar-refractivity contribution < 1.29 is 23.9 Å². The van der Waals surface area contributed by atoms with Gasteiger partial charge in [-0.25, -0.2) is 4.79 Å². The summed E-state index contributed by atoms with van der Waals surface area (Å²) in [5.74, 6) is -0.838. The van der Waals surface area contributed by atoms with Gasteiger partial charge in [0.25, 0.3) is 0 Å². The Morgan fingerprint density at radius 3 is 2.25 bits per heavy atom. The highest BCUT2D eigenvalue weighted by atomic mass is 16.5. The molecule has 0 aromatic carbocycles. The highest BCUT2D eigenvalue weighted by Crippen LogP contribution is 1.99. The van der Waals surface area contributed by atoms with Crippen molar-refractivity contribution in [3.63, 3.8) is 0 Å². The van der Waals surface area contributed by atoms with Gasteiger partial charge in [-0.1, -0.05) is 0 Å². The maximum Gasteiger partial charge on any atom is 0.407 e. The van der Waals surface area contributed by atoms with Crippen LogP contribution < -0.4 is 10.6 Å². The lowest BCUT2D eigenvalue weighted by molar-refractivity contribution is -0.140. The average molecular weight is 232 g/mol. The van der Waals surface area contributed by atoms with E-state index in [9.17, 15) is 14.4 Å². The van der Waals surface area contributed by atoms with Crippen molar-refractivity contribution in [1.29, 1.82) is 0 Å². The van der Waals surface area contributed by atoms with Gasteiger partial charge in [0, 0.05) is 13.5 Å². The lowest BCUT2D eigenvalue weighted by Crippen LogP contribution is -2.45. The second kappa shape index (κ2) is 7.49. The van der Waals surface area contributed by atoms with E-state index in [1.54, 1.807) is 0 Å². The summed E-state index contributed by atoms with van der Waals surface area (Å²) in [4.78, 5) is 33.1. The average Bonchev–Trinajstić information content (AvgIpc) is 2.32. The monoisotopic (exact) mass is 232 g/mol. The maximum absolute atomic E-state index is 11.3. The Balaban J connectivity index is 4.26. The van der Waals surface area contributed by atoms with Gasteiger partial charge >= 0.3 is 12.1 Å². The van der Waals surface area contributed by atoms with Gasteiger partial charge in [0.05, 0.1) is 14.2 Å². The number of alkyl carbamates (subject to hydrolysis) is 1. The molecule has 0 aromatic heterocycles. The van der Waals surface area contributed by atoms with E-state index in [4.69, 9.17) is 0 Å². The zero-order valence-corrected chi connectivity index (χ0v) is 9.53. The number of likely N-dealkylation sites (N-methyl/N-ethyl adjacent to an activating group) is 1. The van der Waals surface area contributed by atoms with Crippen LogP contribution in [0.1, 0.15) is 12.8 Å². The van der Waals surface area contributed by atoms with Crippen LogP contribution in [0.15, 0.2) is 0 Å². The molecule has 2 amide bonds. The molecule has 0 bridgehead atoms. The number of methoxy groups -OCH3 is 2. The fraction of sp³-hybridized carbons (Fsp3) is 0.667. The molecule has 2 N–H and O–H groups in total. The van der Waals surface area contributed by atoms with Gasteiger partial charge in [-0.15, -0.1) is 0 Å². The highest BCUT2D eigenvalue weighted by molar-refractivity contribution is 5.85. The van der Waals surface area contributed by atoms with E-state index in [0.717, 1.165) is 0 Å². The summed E-state index contributed by atoms with van der Waals surface area (Å²) in [6.45, 7) is 0. The third-order valence-corrected chi connectivity index (χ3v) is 1.91. The summed E-state index contributed by atoms with van der Waals surface area (Å²) in [6, 6.07) is -0.809. The molecular weight excluding hydrogens is 216 g/mol. The molecule has 0 heterocycles. The van der Waals surface area contributed by atoms with Gasteiger partial charge in [0.15, 0.2) is 0 Å². The molecular formula is C9H16N2O5. The molecule has 92 valence electrons. The summed E-state index contributed by atoms with van der Waals surface area (Å²) < 4.78 is 8.79. The third-order valence-electron chi connectivity index (χ3n) is 1.91. The lowest BCUT2D eigenvalue weighted by atomic mass is 10.1. The number of hydrogen-bond acceptors (Lipinski definition) is 5. The van der Waals surface area contributed by atoms with Gasteiger partial charge < -0.3 is 20.1 Å². The Labute approximate surface area is 93.5 Å². The van der Waals surface area contributed by atoms with Gasteiger partial charge in [0.1, 0.15) is 6.04 Å². The second-order valence-corrected chi connectivity index (χ2v) is 2.92. The standard InChI is InChI=1S/C9H16N2O5/c1-10-8(13)6(11-9(14)16-3)4-5-7(12)15-2/h6H,4-5H2,1-3H3,(H,10,13)(H,11,14). The van der Waals surface area contributed by atoms with Crippen LogP contribution in [0, 0.1) is 0 Å². The smallest absolute Gasteiger partial charge is 0.407 e. The minimum Gasteiger partial charge on any atom is -0.469 e. The van der Waals surface area contributed by atoms with E-state index in [1.807, 2.05) is 0 Å². The topological polar surface area (TPSA) is 93.7 Å². The molecule has 0 aliphatic rings. The highest BCUT2D eigenvalue weighted by Gasteiger charge is 2.20. The van der Waals surface area contributed by atoms with E-state index in [-0.39, 0.29) is 12.8 Å². The van der Waals surface area contributed by atoms with Gasteiger partial charge in [-0.3, -0.25) is 9.59 Å². The predicted molar refractivity (Wildman–Crippen MR) is 54.6 cm³/mol. The van der Waals surface area contributed by atoms with Crippen LogP contribution in [0.25, 0.3) is 0 Å². The number of esters is 1. The van der Waals surface area contributed by atoms with Crippen molar-refractivity contribution in [2.24, 2.45) is 0 Å². The zero-order valence-electron chi connectivity index (χ0n) is 9.53. The number of ether oxygens (including phenoxy) is 2. The van der Waals surface area contributed by atoms with Gasteiger partial charge in [-0.05, 0) is 6.42 Å². The Morgan fingerprint density at radius 1 is 1.19 bits per heavy atom. The molecule has 0 radical (unpaired) electrons. The number of amides is 2. The van der Waals surface area contributed by atoms with Gasteiger partial charge in [0.2, 0.25) is 5.91 Å². The molecule has 0 aliphatic carbocycles. The summed E-state index contributed by atoms with van der Waals surface area (Å²) in [7, 11) is 3.88. The lowest BCUT2D eigenvalue weighted by Gasteiger charge is -2.15. The van der Waals surface area contributed by atoms with Crippen molar-refractivity contribution in [1.82, 2.24) is 10.6 Å². The zero-order chi connectivity index (χ0) is 12.6. The summed E-state index contributed by atoms with van der Waals surface area (Å²) in [6.07, 6.45) is -0.529. The third kappa shape index (κ3) is 5.18. The van der Waals surface area contributed by atoms with E-state index in [2.05, 4.69) is 20.1 Å². The number of carbonyl (C=O) groups excluding carboxylic acids is 3. The fourth-order valence-corrected chi connectivity index (χ4v) is 1.01. The number of nitrogens with one attached hydrogen (secondary N) is 2. The quantitative estimate of drug-likeness (QED) is 0.618. The van der Waals surface area contributed by atoms with Crippen molar-refractivity contribution in [2.75, 3.05) is 21.3 Å². The maximum atomic E-state index is 11.3. The Bertz CT molecular complexity index is 267. The SMILES string of the molecule is CNC(=O)C(CCC(=O)OC)NC(=O)OC. The summed E-state index contributed by atoms with van der Waals surface area (Å²) in [5.41, 5.74) is 0. The molecule has 1 atom stereocenters. The van der Waals surface area contributed by atoms with Crippen molar-refractivity contribution in [3.8, 4) is 0 Å². The molecule has 7 heteroatoms. The Kier molecular flexibility index (Phi) is 6.66. The molecule has 0 fully saturated rings. The molecule has 7 nitrogen and oxygen atoms in total. The first-order chi connectivity index (χ1) is 7.54. The van der Waals surface area contributed by atoms with Crippen LogP contribution in [-0.4, -0.2) is 45.3 Å². The first kappa shape index (κ1) is 14.2. The molecule has 0 spiro atoms. The second-order valence-electron chi connectivity index (χ2n) is 2.92.